The Kier molecular flexibility index (Phi) is 2.31. The van der Waals surface area contributed by atoms with E-state index in [9.17, 15) is 0 Å². The molecule has 1 saturated carbocycles. The van der Waals surface area contributed by atoms with Gasteiger partial charge in [0.05, 0.1) is 0 Å². The zero-order chi connectivity index (χ0) is 9.26. The van der Waals surface area contributed by atoms with Gasteiger partial charge in [-0.2, -0.15) is 0 Å². The molecule has 0 saturated heterocycles. The average Bonchev–Trinajstić information content (AvgIpc) is 2.49. The number of hydrogen-bond donors (Lipinski definition) is 1. The molecule has 1 heterocycles. The smallest absolute Gasteiger partial charge is 0.133 e. The van der Waals surface area contributed by atoms with Crippen molar-refractivity contribution in [2.75, 3.05) is 0 Å². The minimum atomic E-state index is 0.433. The van der Waals surface area contributed by atoms with Crippen molar-refractivity contribution in [3.63, 3.8) is 0 Å². The van der Waals surface area contributed by atoms with Gasteiger partial charge < -0.3 is 10.3 Å². The number of nitrogens with two attached hydrogens (primary N) is 1. The highest BCUT2D eigenvalue weighted by molar-refractivity contribution is 4.93. The predicted octanol–water partition coefficient (Wildman–Crippen LogP) is 0.578. The maximum Gasteiger partial charge on any atom is 0.133 e. The molecular formula is C9H16N4. The van der Waals surface area contributed by atoms with E-state index in [0.717, 1.165) is 37.5 Å². The van der Waals surface area contributed by atoms with Crippen LogP contribution >= 0.6 is 0 Å². The second-order valence-electron chi connectivity index (χ2n) is 3.83. The molecule has 0 bridgehead atoms. The van der Waals surface area contributed by atoms with E-state index >= 15 is 0 Å². The lowest BCUT2D eigenvalue weighted by molar-refractivity contribution is 0.258. The molecule has 0 aromatic carbocycles. The van der Waals surface area contributed by atoms with Crippen LogP contribution in [-0.4, -0.2) is 20.8 Å². The number of rotatable bonds is 3. The summed E-state index contributed by atoms with van der Waals surface area (Å²) in [5.41, 5.74) is 5.73. The number of hydrogen-bond acceptors (Lipinski definition) is 3. The second kappa shape index (κ2) is 3.46. The quantitative estimate of drug-likeness (QED) is 0.740. The van der Waals surface area contributed by atoms with Crippen molar-refractivity contribution < 1.29 is 0 Å². The van der Waals surface area contributed by atoms with Gasteiger partial charge in [0.2, 0.25) is 0 Å². The minimum absolute atomic E-state index is 0.433. The topological polar surface area (TPSA) is 56.7 Å². The summed E-state index contributed by atoms with van der Waals surface area (Å²) in [5, 5.41) is 8.01. The highest BCUT2D eigenvalue weighted by atomic mass is 15.3. The molecule has 1 aromatic rings. The molecule has 1 fully saturated rings. The van der Waals surface area contributed by atoms with Crippen molar-refractivity contribution in [2.45, 2.75) is 38.8 Å². The largest absolute Gasteiger partial charge is 0.328 e. The lowest BCUT2D eigenvalue weighted by Gasteiger charge is -2.31. The maximum atomic E-state index is 5.73. The first-order valence-corrected chi connectivity index (χ1v) is 4.92. The molecule has 1 aromatic heterocycles. The van der Waals surface area contributed by atoms with Gasteiger partial charge in [-0.3, -0.25) is 0 Å². The second-order valence-corrected chi connectivity index (χ2v) is 3.83. The Morgan fingerprint density at radius 1 is 1.62 bits per heavy atom. The predicted molar refractivity (Wildman–Crippen MR) is 50.1 cm³/mol. The molecule has 4 nitrogen and oxygen atoms in total. The Hall–Kier alpha value is -0.900. The van der Waals surface area contributed by atoms with Gasteiger partial charge in [-0.15, -0.1) is 10.2 Å². The molecule has 1 aliphatic carbocycles. The molecular weight excluding hydrogens is 164 g/mol. The standard InChI is InChI=1S/C9H16N4/c1-2-13-6-11-12-9(13)5-7-3-8(10)4-7/h6-8H,2-5,10H2,1H3. The molecule has 0 spiro atoms. The first kappa shape index (κ1) is 8.69. The first-order valence-electron chi connectivity index (χ1n) is 4.92. The van der Waals surface area contributed by atoms with Crippen LogP contribution in [0, 0.1) is 5.92 Å². The van der Waals surface area contributed by atoms with Gasteiger partial charge in [-0.05, 0) is 25.7 Å². The van der Waals surface area contributed by atoms with E-state index < -0.39 is 0 Å². The van der Waals surface area contributed by atoms with Gasteiger partial charge in [0.15, 0.2) is 0 Å². The van der Waals surface area contributed by atoms with Crippen LogP contribution in [0.25, 0.3) is 0 Å². The monoisotopic (exact) mass is 180 g/mol. The Labute approximate surface area is 78.1 Å². The molecule has 1 aliphatic rings. The van der Waals surface area contributed by atoms with Gasteiger partial charge in [0.1, 0.15) is 12.2 Å². The number of aromatic nitrogens is 3. The molecule has 2 rings (SSSR count). The summed E-state index contributed by atoms with van der Waals surface area (Å²) < 4.78 is 2.10. The molecule has 0 atom stereocenters. The van der Waals surface area contributed by atoms with E-state index in [1.165, 1.54) is 0 Å². The zero-order valence-electron chi connectivity index (χ0n) is 7.98. The van der Waals surface area contributed by atoms with Crippen LogP contribution in [0.5, 0.6) is 0 Å². The Balaban J connectivity index is 1.94. The maximum absolute atomic E-state index is 5.73. The fourth-order valence-electron chi connectivity index (χ4n) is 1.91. The van der Waals surface area contributed by atoms with E-state index in [-0.39, 0.29) is 0 Å². The molecule has 0 aliphatic heterocycles. The summed E-state index contributed by atoms with van der Waals surface area (Å²) in [5.74, 6) is 1.85. The minimum Gasteiger partial charge on any atom is -0.328 e. The van der Waals surface area contributed by atoms with E-state index in [0.29, 0.717) is 6.04 Å². The van der Waals surface area contributed by atoms with Crippen LogP contribution in [0.1, 0.15) is 25.6 Å². The summed E-state index contributed by atoms with van der Waals surface area (Å²) in [6.07, 6.45) is 5.14. The van der Waals surface area contributed by atoms with E-state index in [2.05, 4.69) is 21.7 Å². The van der Waals surface area contributed by atoms with Crippen molar-refractivity contribution in [2.24, 2.45) is 11.7 Å². The van der Waals surface area contributed by atoms with Crippen LogP contribution in [0.3, 0.4) is 0 Å². The number of aryl methyl sites for hydroxylation is 1. The molecule has 13 heavy (non-hydrogen) atoms. The van der Waals surface area contributed by atoms with Crippen molar-refractivity contribution in [1.82, 2.24) is 14.8 Å². The van der Waals surface area contributed by atoms with Gasteiger partial charge in [0.25, 0.3) is 0 Å². The SMILES string of the molecule is CCn1cnnc1CC1CC(N)C1. The van der Waals surface area contributed by atoms with Crippen LogP contribution < -0.4 is 5.73 Å². The van der Waals surface area contributed by atoms with E-state index in [1.807, 2.05) is 0 Å². The van der Waals surface area contributed by atoms with Crippen LogP contribution in [0.2, 0.25) is 0 Å². The summed E-state index contributed by atoms with van der Waals surface area (Å²) in [7, 11) is 0. The zero-order valence-corrected chi connectivity index (χ0v) is 7.98. The Bertz CT molecular complexity index is 275. The van der Waals surface area contributed by atoms with Crippen LogP contribution in [-0.2, 0) is 13.0 Å². The Morgan fingerprint density at radius 3 is 3.00 bits per heavy atom. The van der Waals surface area contributed by atoms with Gasteiger partial charge in [0, 0.05) is 19.0 Å². The third-order valence-electron chi connectivity index (χ3n) is 2.78. The highest BCUT2D eigenvalue weighted by Crippen LogP contribution is 2.28. The van der Waals surface area contributed by atoms with E-state index in [1.54, 1.807) is 6.33 Å². The highest BCUT2D eigenvalue weighted by Gasteiger charge is 2.27. The third kappa shape index (κ3) is 1.72. The lowest BCUT2D eigenvalue weighted by Crippen LogP contribution is -2.37. The van der Waals surface area contributed by atoms with Crippen molar-refractivity contribution >= 4 is 0 Å². The number of nitrogens with zero attached hydrogens (tertiary/aromatic N) is 3. The lowest BCUT2D eigenvalue weighted by atomic mass is 9.79. The summed E-state index contributed by atoms with van der Waals surface area (Å²) in [6, 6.07) is 0.433. The van der Waals surface area contributed by atoms with Crippen molar-refractivity contribution in [3.8, 4) is 0 Å². The fraction of sp³-hybridized carbons (Fsp3) is 0.778. The molecule has 2 N–H and O–H groups in total. The third-order valence-corrected chi connectivity index (χ3v) is 2.78. The first-order chi connectivity index (χ1) is 6.29. The summed E-state index contributed by atoms with van der Waals surface area (Å²) in [6.45, 7) is 3.07. The normalized spacial score (nSPS) is 27.2. The molecule has 72 valence electrons. The molecule has 0 unspecified atom stereocenters. The average molecular weight is 180 g/mol. The summed E-state index contributed by atoms with van der Waals surface area (Å²) in [4.78, 5) is 0. The van der Waals surface area contributed by atoms with Gasteiger partial charge >= 0.3 is 0 Å². The molecule has 4 heteroatoms. The Morgan fingerprint density at radius 2 is 2.38 bits per heavy atom. The van der Waals surface area contributed by atoms with Crippen molar-refractivity contribution in [3.05, 3.63) is 12.2 Å². The van der Waals surface area contributed by atoms with Gasteiger partial charge in [-0.1, -0.05) is 0 Å². The van der Waals surface area contributed by atoms with Crippen LogP contribution in [0.4, 0.5) is 0 Å². The molecule has 0 amide bonds. The summed E-state index contributed by atoms with van der Waals surface area (Å²) >= 11 is 0. The fourth-order valence-corrected chi connectivity index (χ4v) is 1.91. The van der Waals surface area contributed by atoms with Gasteiger partial charge in [-0.25, -0.2) is 0 Å². The van der Waals surface area contributed by atoms with Crippen LogP contribution in [0.15, 0.2) is 6.33 Å². The molecule has 0 radical (unpaired) electrons. The van der Waals surface area contributed by atoms with E-state index in [4.69, 9.17) is 5.73 Å². The van der Waals surface area contributed by atoms with Crippen molar-refractivity contribution in [1.29, 1.82) is 0 Å².